The van der Waals surface area contributed by atoms with Gasteiger partial charge in [0.2, 0.25) is 0 Å². The number of carboxylic acids is 2. The van der Waals surface area contributed by atoms with Gasteiger partial charge in [-0.05, 0) is 17.7 Å². The first-order valence-electron chi connectivity index (χ1n) is 4.42. The number of carbonyl (C=O) groups is 3. The topological polar surface area (TPSA) is 115 Å². The van der Waals surface area contributed by atoms with Gasteiger partial charge >= 0.3 is 11.9 Å². The number of ketones is 1. The Labute approximate surface area is 95.4 Å². The van der Waals surface area contributed by atoms with Gasteiger partial charge in [-0.2, -0.15) is 0 Å². The maximum absolute atomic E-state index is 11.5. The van der Waals surface area contributed by atoms with Crippen LogP contribution in [0.3, 0.4) is 0 Å². The van der Waals surface area contributed by atoms with Crippen LogP contribution >= 0.6 is 0 Å². The minimum absolute atomic E-state index is 0.0560. The van der Waals surface area contributed by atoms with E-state index in [0.717, 1.165) is 12.1 Å². The summed E-state index contributed by atoms with van der Waals surface area (Å²) in [4.78, 5) is 31.6. The summed E-state index contributed by atoms with van der Waals surface area (Å²) < 4.78 is 0. The van der Waals surface area contributed by atoms with Crippen LogP contribution in [-0.2, 0) is 9.59 Å². The van der Waals surface area contributed by atoms with Gasteiger partial charge in [0, 0.05) is 0 Å². The third-order valence-corrected chi connectivity index (χ3v) is 1.90. The summed E-state index contributed by atoms with van der Waals surface area (Å²) in [5.74, 6) is -4.99. The molecule has 0 unspecified atom stereocenters. The Morgan fingerprint density at radius 1 is 1.18 bits per heavy atom. The average Bonchev–Trinajstić information content (AvgIpc) is 2.26. The molecule has 0 spiro atoms. The van der Waals surface area contributed by atoms with Crippen molar-refractivity contribution in [2.45, 2.75) is 0 Å². The molecule has 6 heteroatoms. The van der Waals surface area contributed by atoms with Crippen LogP contribution in [0.15, 0.2) is 24.3 Å². The van der Waals surface area contributed by atoms with Gasteiger partial charge in [-0.1, -0.05) is 24.0 Å². The summed E-state index contributed by atoms with van der Waals surface area (Å²) in [6.07, 6.45) is 1.68. The normalized spacial score (nSPS) is 10.4. The number of hydrogen-bond donors (Lipinski definition) is 2. The van der Waals surface area contributed by atoms with Crippen LogP contribution in [0.4, 0.5) is 0 Å². The zero-order chi connectivity index (χ0) is 13.0. The summed E-state index contributed by atoms with van der Waals surface area (Å²) in [5, 5.41) is 28.5. The number of rotatable bonds is 4. The SMILES string of the molecule is O=C(O)C(=O)/C=C/c1cccc(C(=O)O)c1[O-]. The molecular weight excluding hydrogens is 228 g/mol. The van der Waals surface area contributed by atoms with Gasteiger partial charge in [0.1, 0.15) is 0 Å². The minimum atomic E-state index is -1.65. The highest BCUT2D eigenvalue weighted by atomic mass is 16.4. The smallest absolute Gasteiger partial charge is 0.376 e. The lowest BCUT2D eigenvalue weighted by atomic mass is 10.1. The van der Waals surface area contributed by atoms with Crippen molar-refractivity contribution in [2.24, 2.45) is 0 Å². The summed E-state index contributed by atoms with van der Waals surface area (Å²) in [5.41, 5.74) is -0.491. The monoisotopic (exact) mass is 235 g/mol. The molecule has 2 N–H and O–H groups in total. The van der Waals surface area contributed by atoms with Crippen LogP contribution in [0, 0.1) is 0 Å². The molecule has 0 radical (unpaired) electrons. The molecule has 1 aromatic carbocycles. The van der Waals surface area contributed by atoms with E-state index in [-0.39, 0.29) is 5.56 Å². The van der Waals surface area contributed by atoms with Crippen molar-refractivity contribution in [1.82, 2.24) is 0 Å². The second-order valence-electron chi connectivity index (χ2n) is 3.03. The van der Waals surface area contributed by atoms with Crippen LogP contribution in [0.5, 0.6) is 5.75 Å². The molecule has 0 atom stereocenters. The number of carboxylic acid groups (broad SMARTS) is 2. The third kappa shape index (κ3) is 2.91. The van der Waals surface area contributed by atoms with E-state index in [9.17, 15) is 19.5 Å². The molecule has 0 fully saturated rings. The number of benzene rings is 1. The Morgan fingerprint density at radius 2 is 1.82 bits per heavy atom. The van der Waals surface area contributed by atoms with Gasteiger partial charge in [-0.3, -0.25) is 4.79 Å². The maximum Gasteiger partial charge on any atom is 0.376 e. The van der Waals surface area contributed by atoms with Crippen molar-refractivity contribution in [3.63, 3.8) is 0 Å². The Bertz CT molecular complexity index is 515. The lowest BCUT2D eigenvalue weighted by Gasteiger charge is -2.13. The first kappa shape index (κ1) is 12.4. The largest absolute Gasteiger partial charge is 0.871 e. The number of carbonyl (C=O) groups excluding carboxylic acids is 1. The molecule has 0 heterocycles. The van der Waals surface area contributed by atoms with Crippen LogP contribution in [0.2, 0.25) is 0 Å². The number of aliphatic carboxylic acids is 1. The molecule has 0 aliphatic rings. The van der Waals surface area contributed by atoms with E-state index in [4.69, 9.17) is 10.2 Å². The summed E-state index contributed by atoms with van der Waals surface area (Å²) >= 11 is 0. The highest BCUT2D eigenvalue weighted by Crippen LogP contribution is 2.20. The first-order valence-corrected chi connectivity index (χ1v) is 4.42. The van der Waals surface area contributed by atoms with Crippen LogP contribution in [-0.4, -0.2) is 27.9 Å². The number of aromatic carboxylic acids is 1. The highest BCUT2D eigenvalue weighted by molar-refractivity contribution is 6.38. The molecule has 6 nitrogen and oxygen atoms in total. The molecular formula is C11H7O6-. The standard InChI is InChI=1S/C11H8O6/c12-8(11(16)17)5-4-6-2-1-3-7(9(6)13)10(14)15/h1-5,13H,(H,14,15)(H,16,17)/p-1/b5-4+. The Hall–Kier alpha value is -2.63. The van der Waals surface area contributed by atoms with E-state index in [0.29, 0.717) is 6.08 Å². The van der Waals surface area contributed by atoms with Crippen molar-refractivity contribution in [2.75, 3.05) is 0 Å². The molecule has 1 aromatic rings. The zero-order valence-electron chi connectivity index (χ0n) is 8.41. The summed E-state index contributed by atoms with van der Waals surface area (Å²) in [6, 6.07) is 3.75. The predicted molar refractivity (Wildman–Crippen MR) is 54.5 cm³/mol. The Balaban J connectivity index is 3.08. The highest BCUT2D eigenvalue weighted by Gasteiger charge is 2.07. The van der Waals surface area contributed by atoms with Crippen molar-refractivity contribution in [1.29, 1.82) is 0 Å². The molecule has 0 aliphatic carbocycles. The second-order valence-corrected chi connectivity index (χ2v) is 3.03. The van der Waals surface area contributed by atoms with E-state index in [1.54, 1.807) is 0 Å². The fraction of sp³-hybridized carbons (Fsp3) is 0. The van der Waals surface area contributed by atoms with Gasteiger partial charge < -0.3 is 15.3 Å². The Kier molecular flexibility index (Phi) is 3.61. The van der Waals surface area contributed by atoms with E-state index in [1.807, 2.05) is 0 Å². The summed E-state index contributed by atoms with van der Waals surface area (Å²) in [6.45, 7) is 0. The third-order valence-electron chi connectivity index (χ3n) is 1.90. The van der Waals surface area contributed by atoms with E-state index in [1.165, 1.54) is 12.1 Å². The van der Waals surface area contributed by atoms with Crippen molar-refractivity contribution in [3.05, 3.63) is 35.4 Å². The quantitative estimate of drug-likeness (QED) is 0.566. The minimum Gasteiger partial charge on any atom is -0.871 e. The molecule has 0 amide bonds. The molecule has 0 aliphatic heterocycles. The van der Waals surface area contributed by atoms with Gasteiger partial charge in [0.25, 0.3) is 5.78 Å². The van der Waals surface area contributed by atoms with Crippen LogP contribution in [0.25, 0.3) is 6.08 Å². The fourth-order valence-electron chi connectivity index (χ4n) is 1.09. The molecule has 17 heavy (non-hydrogen) atoms. The second kappa shape index (κ2) is 4.93. The molecule has 0 bridgehead atoms. The summed E-state index contributed by atoms with van der Waals surface area (Å²) in [7, 11) is 0. The maximum atomic E-state index is 11.5. The van der Waals surface area contributed by atoms with Crippen LogP contribution in [0.1, 0.15) is 15.9 Å². The number of hydrogen-bond acceptors (Lipinski definition) is 4. The van der Waals surface area contributed by atoms with E-state index in [2.05, 4.69) is 0 Å². The molecule has 0 aromatic heterocycles. The molecule has 88 valence electrons. The average molecular weight is 235 g/mol. The fourth-order valence-corrected chi connectivity index (χ4v) is 1.09. The van der Waals surface area contributed by atoms with Crippen molar-refractivity contribution >= 4 is 23.8 Å². The van der Waals surface area contributed by atoms with E-state index >= 15 is 0 Å². The zero-order valence-corrected chi connectivity index (χ0v) is 8.41. The van der Waals surface area contributed by atoms with Crippen molar-refractivity contribution in [3.8, 4) is 5.75 Å². The lowest BCUT2D eigenvalue weighted by molar-refractivity contribution is -0.269. The number of para-hydroxylation sites is 1. The molecule has 1 rings (SSSR count). The van der Waals surface area contributed by atoms with Gasteiger partial charge in [-0.25, -0.2) is 9.59 Å². The Morgan fingerprint density at radius 3 is 2.35 bits per heavy atom. The molecule has 0 saturated heterocycles. The predicted octanol–water partition coefficient (Wildman–Crippen LogP) is 0.125. The molecule has 0 saturated carbocycles. The van der Waals surface area contributed by atoms with E-state index < -0.39 is 29.0 Å². The lowest BCUT2D eigenvalue weighted by Crippen LogP contribution is -2.09. The van der Waals surface area contributed by atoms with Gasteiger partial charge in [0.05, 0.1) is 5.56 Å². The van der Waals surface area contributed by atoms with Gasteiger partial charge in [-0.15, -0.1) is 0 Å². The van der Waals surface area contributed by atoms with Crippen molar-refractivity contribution < 1.29 is 29.7 Å². The van der Waals surface area contributed by atoms with Crippen LogP contribution < -0.4 is 5.11 Å². The first-order chi connectivity index (χ1) is 7.93. The van der Waals surface area contributed by atoms with Gasteiger partial charge in [0.15, 0.2) is 0 Å².